The summed E-state index contributed by atoms with van der Waals surface area (Å²) in [4.78, 5) is 38.7. The number of hydrogen-bond acceptors (Lipinski definition) is 7. The molecule has 1 heterocycles. The molecule has 1 fully saturated rings. The molecule has 1 saturated heterocycles. The van der Waals surface area contributed by atoms with E-state index in [0.29, 0.717) is 49.8 Å². The quantitative estimate of drug-likeness (QED) is 0.456. The van der Waals surface area contributed by atoms with Crippen molar-refractivity contribution < 1.29 is 33.7 Å². The Labute approximate surface area is 175 Å². The highest BCUT2D eigenvalue weighted by Gasteiger charge is 2.21. The summed E-state index contributed by atoms with van der Waals surface area (Å²) in [6, 6.07) is 4.17. The molecule has 1 atom stereocenters. The molecule has 166 valence electrons. The summed E-state index contributed by atoms with van der Waals surface area (Å²) in [5, 5.41) is 12.0. The zero-order chi connectivity index (χ0) is 21.9. The standard InChI is InChI=1S/C20H29N3O7/c1-28-17-4-3-15(11-18(17)29-2)16(12-20(26)27)21-19(25)13-23(14-24)6-5-22-7-9-30-10-8-22/h3-4,11,14,16H,5-10,12-13H2,1-2H3,(H,21,25)(H,26,27). The van der Waals surface area contributed by atoms with Crippen molar-refractivity contribution >= 4 is 18.3 Å². The van der Waals surface area contributed by atoms with Gasteiger partial charge in [0.15, 0.2) is 11.5 Å². The maximum Gasteiger partial charge on any atom is 0.305 e. The van der Waals surface area contributed by atoms with Gasteiger partial charge in [0.2, 0.25) is 12.3 Å². The highest BCUT2D eigenvalue weighted by molar-refractivity contribution is 5.81. The van der Waals surface area contributed by atoms with Crippen LogP contribution in [0.1, 0.15) is 18.0 Å². The number of nitrogens with one attached hydrogen (secondary N) is 1. The molecule has 0 radical (unpaired) electrons. The van der Waals surface area contributed by atoms with Gasteiger partial charge in [-0.1, -0.05) is 6.07 Å². The van der Waals surface area contributed by atoms with E-state index in [-0.39, 0.29) is 13.0 Å². The lowest BCUT2D eigenvalue weighted by Gasteiger charge is -2.28. The van der Waals surface area contributed by atoms with E-state index in [1.54, 1.807) is 18.2 Å². The molecular formula is C20H29N3O7. The number of carbonyl (C=O) groups is 3. The van der Waals surface area contributed by atoms with Crippen LogP contribution in [0.25, 0.3) is 0 Å². The molecule has 10 nitrogen and oxygen atoms in total. The van der Waals surface area contributed by atoms with Crippen LogP contribution in [0.4, 0.5) is 0 Å². The smallest absolute Gasteiger partial charge is 0.305 e. The van der Waals surface area contributed by atoms with E-state index < -0.39 is 17.9 Å². The van der Waals surface area contributed by atoms with E-state index in [1.807, 2.05) is 0 Å². The van der Waals surface area contributed by atoms with Crippen LogP contribution in [-0.2, 0) is 19.1 Å². The fourth-order valence-electron chi connectivity index (χ4n) is 3.18. The van der Waals surface area contributed by atoms with Gasteiger partial charge >= 0.3 is 5.97 Å². The van der Waals surface area contributed by atoms with Crippen LogP contribution in [0, 0.1) is 0 Å². The molecule has 0 bridgehead atoms. The molecule has 1 aliphatic heterocycles. The molecule has 2 amide bonds. The fourth-order valence-corrected chi connectivity index (χ4v) is 3.18. The Balaban J connectivity index is 1.99. The molecule has 2 rings (SSSR count). The Morgan fingerprint density at radius 3 is 2.57 bits per heavy atom. The van der Waals surface area contributed by atoms with E-state index in [4.69, 9.17) is 14.2 Å². The van der Waals surface area contributed by atoms with E-state index in [2.05, 4.69) is 10.2 Å². The number of carboxylic acids is 1. The lowest BCUT2D eigenvalue weighted by atomic mass is 10.0. The van der Waals surface area contributed by atoms with Crippen molar-refractivity contribution in [3.8, 4) is 11.5 Å². The second-order valence-corrected chi connectivity index (χ2v) is 6.86. The first-order valence-electron chi connectivity index (χ1n) is 9.69. The SMILES string of the molecule is COc1ccc(C(CC(=O)O)NC(=O)CN(C=O)CCN2CCOCC2)cc1OC. The maximum absolute atomic E-state index is 12.5. The van der Waals surface area contributed by atoms with E-state index in [0.717, 1.165) is 13.1 Å². The van der Waals surface area contributed by atoms with E-state index in [9.17, 15) is 19.5 Å². The number of hydrogen-bond donors (Lipinski definition) is 2. The molecule has 0 aromatic heterocycles. The summed E-state index contributed by atoms with van der Waals surface area (Å²) in [7, 11) is 2.97. The number of carbonyl (C=O) groups excluding carboxylic acids is 2. The number of benzene rings is 1. The second-order valence-electron chi connectivity index (χ2n) is 6.86. The summed E-state index contributed by atoms with van der Waals surface area (Å²) in [6.07, 6.45) is 0.318. The molecule has 1 aromatic carbocycles. The highest BCUT2D eigenvalue weighted by atomic mass is 16.5. The third-order valence-electron chi connectivity index (χ3n) is 4.83. The van der Waals surface area contributed by atoms with Crippen LogP contribution in [0.5, 0.6) is 11.5 Å². The first kappa shape index (κ1) is 23.4. The number of carboxylic acid groups (broad SMARTS) is 1. The molecule has 1 aromatic rings. The van der Waals surface area contributed by atoms with Crippen molar-refractivity contribution in [2.24, 2.45) is 0 Å². The number of methoxy groups -OCH3 is 2. The maximum atomic E-state index is 12.5. The zero-order valence-electron chi connectivity index (χ0n) is 17.3. The average Bonchev–Trinajstić information content (AvgIpc) is 2.76. The molecule has 10 heteroatoms. The van der Waals surface area contributed by atoms with Gasteiger partial charge in [-0.05, 0) is 17.7 Å². The van der Waals surface area contributed by atoms with Crippen molar-refractivity contribution in [1.29, 1.82) is 0 Å². The van der Waals surface area contributed by atoms with Gasteiger partial charge in [-0.2, -0.15) is 0 Å². The van der Waals surface area contributed by atoms with Crippen LogP contribution < -0.4 is 14.8 Å². The van der Waals surface area contributed by atoms with Crippen LogP contribution >= 0.6 is 0 Å². The zero-order valence-corrected chi connectivity index (χ0v) is 17.3. The Morgan fingerprint density at radius 2 is 1.97 bits per heavy atom. The minimum Gasteiger partial charge on any atom is -0.493 e. The Hall–Kier alpha value is -2.85. The van der Waals surface area contributed by atoms with Crippen LogP contribution in [0.15, 0.2) is 18.2 Å². The summed E-state index contributed by atoms with van der Waals surface area (Å²) in [5.74, 6) is -0.573. The normalized spacial score (nSPS) is 15.1. The number of nitrogens with zero attached hydrogens (tertiary/aromatic N) is 2. The molecular weight excluding hydrogens is 394 g/mol. The van der Waals surface area contributed by atoms with Gasteiger partial charge in [-0.3, -0.25) is 19.3 Å². The first-order valence-corrected chi connectivity index (χ1v) is 9.69. The van der Waals surface area contributed by atoms with Crippen LogP contribution in [0.3, 0.4) is 0 Å². The van der Waals surface area contributed by atoms with E-state index >= 15 is 0 Å². The fraction of sp³-hybridized carbons (Fsp3) is 0.550. The topological polar surface area (TPSA) is 118 Å². The Bertz CT molecular complexity index is 722. The monoisotopic (exact) mass is 423 g/mol. The van der Waals surface area contributed by atoms with Crippen molar-refractivity contribution in [3.63, 3.8) is 0 Å². The van der Waals surface area contributed by atoms with Crippen molar-refractivity contribution in [2.45, 2.75) is 12.5 Å². The minimum atomic E-state index is -1.06. The molecule has 0 spiro atoms. The molecule has 0 saturated carbocycles. The summed E-state index contributed by atoms with van der Waals surface area (Å²) in [5.41, 5.74) is 0.564. The third kappa shape index (κ3) is 7.20. The van der Waals surface area contributed by atoms with Gasteiger partial charge < -0.3 is 29.5 Å². The molecule has 30 heavy (non-hydrogen) atoms. The van der Waals surface area contributed by atoms with Crippen molar-refractivity contribution in [1.82, 2.24) is 15.1 Å². The Kier molecular flexibility index (Phi) is 9.36. The van der Waals surface area contributed by atoms with Gasteiger partial charge in [0.25, 0.3) is 0 Å². The summed E-state index contributed by atoms with van der Waals surface area (Å²) < 4.78 is 15.7. The predicted octanol–water partition coefficient (Wildman–Crippen LogP) is 0.126. The summed E-state index contributed by atoms with van der Waals surface area (Å²) >= 11 is 0. The average molecular weight is 423 g/mol. The number of rotatable bonds is 12. The van der Waals surface area contributed by atoms with Gasteiger partial charge in [-0.25, -0.2) is 0 Å². The van der Waals surface area contributed by atoms with Crippen LogP contribution in [-0.4, -0.2) is 93.4 Å². The van der Waals surface area contributed by atoms with Gasteiger partial charge in [0, 0.05) is 26.2 Å². The third-order valence-corrected chi connectivity index (χ3v) is 4.83. The lowest BCUT2D eigenvalue weighted by molar-refractivity contribution is -0.138. The molecule has 1 aliphatic rings. The number of aliphatic carboxylic acids is 1. The van der Waals surface area contributed by atoms with Crippen molar-refractivity contribution in [2.75, 3.05) is 60.2 Å². The lowest BCUT2D eigenvalue weighted by Crippen LogP contribution is -2.44. The largest absolute Gasteiger partial charge is 0.493 e. The van der Waals surface area contributed by atoms with Crippen molar-refractivity contribution in [3.05, 3.63) is 23.8 Å². The molecule has 2 N–H and O–H groups in total. The van der Waals surface area contributed by atoms with Crippen LogP contribution in [0.2, 0.25) is 0 Å². The molecule has 0 aliphatic carbocycles. The minimum absolute atomic E-state index is 0.156. The predicted molar refractivity (Wildman–Crippen MR) is 108 cm³/mol. The van der Waals surface area contributed by atoms with Gasteiger partial charge in [-0.15, -0.1) is 0 Å². The van der Waals surface area contributed by atoms with E-state index in [1.165, 1.54) is 19.1 Å². The summed E-state index contributed by atoms with van der Waals surface area (Å²) in [6.45, 7) is 3.78. The van der Waals surface area contributed by atoms with Gasteiger partial charge in [0.1, 0.15) is 0 Å². The number of morpholine rings is 1. The number of amides is 2. The second kappa shape index (κ2) is 12.0. The van der Waals surface area contributed by atoms with Gasteiger partial charge in [0.05, 0.1) is 46.4 Å². The first-order chi connectivity index (χ1) is 14.5. The molecule has 1 unspecified atom stereocenters. The highest BCUT2D eigenvalue weighted by Crippen LogP contribution is 2.31. The Morgan fingerprint density at radius 1 is 1.27 bits per heavy atom. The number of ether oxygens (including phenoxy) is 3.